The van der Waals surface area contributed by atoms with Crippen molar-refractivity contribution in [3.63, 3.8) is 0 Å². The maximum absolute atomic E-state index is 12.2. The second kappa shape index (κ2) is 6.73. The molecular weight excluding hydrogens is 366 g/mol. The topological polar surface area (TPSA) is 109 Å². The van der Waals surface area contributed by atoms with Gasteiger partial charge in [-0.3, -0.25) is 0 Å². The van der Waals surface area contributed by atoms with Crippen molar-refractivity contribution >= 4 is 22.7 Å². The molecule has 0 aliphatic carbocycles. The van der Waals surface area contributed by atoms with Crippen molar-refractivity contribution in [2.24, 2.45) is 0 Å². The van der Waals surface area contributed by atoms with Crippen LogP contribution in [0.5, 0.6) is 11.5 Å². The number of hydrogen-bond donors (Lipinski definition) is 2. The highest BCUT2D eigenvalue weighted by atomic mass is 32.2. The van der Waals surface area contributed by atoms with Crippen LogP contribution in [-0.4, -0.2) is 31.7 Å². The minimum atomic E-state index is -0.611. The molecule has 27 heavy (non-hydrogen) atoms. The van der Waals surface area contributed by atoms with Crippen LogP contribution in [0.1, 0.15) is 0 Å². The molecule has 0 saturated carbocycles. The predicted octanol–water partition coefficient (Wildman–Crippen LogP) is 3.45. The van der Waals surface area contributed by atoms with Gasteiger partial charge in [0, 0.05) is 17.7 Å². The molecule has 4 aromatic rings. The van der Waals surface area contributed by atoms with Crippen LogP contribution in [0.25, 0.3) is 33.4 Å². The highest BCUT2D eigenvalue weighted by Crippen LogP contribution is 2.43. The van der Waals surface area contributed by atoms with E-state index < -0.39 is 5.63 Å². The van der Waals surface area contributed by atoms with Gasteiger partial charge in [-0.25, -0.2) is 9.78 Å². The molecule has 0 saturated heterocycles. The first-order valence-electron chi connectivity index (χ1n) is 7.91. The molecule has 2 aromatic heterocycles. The fraction of sp³-hybridized carbons (Fsp3) is 0.0526. The highest BCUT2D eigenvalue weighted by Gasteiger charge is 2.21. The number of phenolic OH excluding ortho intramolecular Hbond substituents is 2. The summed E-state index contributed by atoms with van der Waals surface area (Å²) < 4.78 is 5.37. The average Bonchev–Trinajstić information content (AvgIpc) is 2.68. The molecule has 7 nitrogen and oxygen atoms in total. The smallest absolute Gasteiger partial charge is 0.336 e. The number of nitrogens with zero attached hydrogens (tertiary/aromatic N) is 3. The summed E-state index contributed by atoms with van der Waals surface area (Å²) in [6.45, 7) is 0. The highest BCUT2D eigenvalue weighted by molar-refractivity contribution is 7.98. The van der Waals surface area contributed by atoms with Gasteiger partial charge in [-0.1, -0.05) is 42.1 Å². The van der Waals surface area contributed by atoms with Crippen molar-refractivity contribution in [1.29, 1.82) is 0 Å². The summed E-state index contributed by atoms with van der Waals surface area (Å²) in [6, 6.07) is 11.6. The third kappa shape index (κ3) is 3.00. The molecule has 0 aliphatic heterocycles. The van der Waals surface area contributed by atoms with Crippen LogP contribution in [0, 0.1) is 0 Å². The Morgan fingerprint density at radius 3 is 2.59 bits per heavy atom. The summed E-state index contributed by atoms with van der Waals surface area (Å²) in [6.07, 6.45) is 3.16. The minimum absolute atomic E-state index is 0.0337. The molecule has 2 N–H and O–H groups in total. The van der Waals surface area contributed by atoms with Crippen LogP contribution < -0.4 is 5.63 Å². The van der Waals surface area contributed by atoms with E-state index in [-0.39, 0.29) is 28.3 Å². The molecule has 0 unspecified atom stereocenters. The van der Waals surface area contributed by atoms with E-state index in [1.54, 1.807) is 6.26 Å². The van der Waals surface area contributed by atoms with Crippen molar-refractivity contribution in [1.82, 2.24) is 15.2 Å². The molecule has 0 spiro atoms. The van der Waals surface area contributed by atoms with E-state index in [1.165, 1.54) is 30.1 Å². The lowest BCUT2D eigenvalue weighted by atomic mass is 9.98. The fourth-order valence-electron chi connectivity index (χ4n) is 2.90. The minimum Gasteiger partial charge on any atom is -0.507 e. The normalized spacial score (nSPS) is 11.0. The first kappa shape index (κ1) is 17.0. The third-order valence-electron chi connectivity index (χ3n) is 4.04. The average molecular weight is 379 g/mol. The summed E-state index contributed by atoms with van der Waals surface area (Å²) in [5.74, 6) is -0.484. The SMILES string of the molecule is CSc1nncc(-c2c(O)cc(O)c3c(-c4ccccc4)cc(=O)oc23)n1. The second-order valence-corrected chi connectivity index (χ2v) is 6.44. The summed E-state index contributed by atoms with van der Waals surface area (Å²) in [4.78, 5) is 16.5. The van der Waals surface area contributed by atoms with Gasteiger partial charge in [-0.2, -0.15) is 5.10 Å². The van der Waals surface area contributed by atoms with Gasteiger partial charge in [0.2, 0.25) is 5.16 Å². The van der Waals surface area contributed by atoms with Crippen LogP contribution >= 0.6 is 11.8 Å². The van der Waals surface area contributed by atoms with Gasteiger partial charge in [0.25, 0.3) is 0 Å². The van der Waals surface area contributed by atoms with Crippen LogP contribution in [0.4, 0.5) is 0 Å². The number of benzene rings is 2. The van der Waals surface area contributed by atoms with Crippen molar-refractivity contribution in [3.8, 4) is 33.9 Å². The van der Waals surface area contributed by atoms with Crippen molar-refractivity contribution in [3.05, 3.63) is 59.1 Å². The van der Waals surface area contributed by atoms with E-state index in [9.17, 15) is 15.0 Å². The fourth-order valence-corrected chi connectivity index (χ4v) is 3.22. The van der Waals surface area contributed by atoms with Crippen LogP contribution in [0.3, 0.4) is 0 Å². The molecule has 0 fully saturated rings. The Hall–Kier alpha value is -3.39. The summed E-state index contributed by atoms with van der Waals surface area (Å²) in [7, 11) is 0. The van der Waals surface area contributed by atoms with E-state index in [0.29, 0.717) is 16.1 Å². The molecule has 2 aromatic carbocycles. The lowest BCUT2D eigenvalue weighted by Gasteiger charge is -2.12. The molecule has 8 heteroatoms. The second-order valence-electron chi connectivity index (χ2n) is 5.67. The van der Waals surface area contributed by atoms with Crippen molar-refractivity contribution in [2.45, 2.75) is 5.16 Å². The molecule has 134 valence electrons. The van der Waals surface area contributed by atoms with E-state index in [2.05, 4.69) is 15.2 Å². The molecule has 0 aliphatic rings. The van der Waals surface area contributed by atoms with Crippen LogP contribution in [0.2, 0.25) is 0 Å². The molecular formula is C19H13N3O4S. The van der Waals surface area contributed by atoms with Gasteiger partial charge in [0.1, 0.15) is 17.2 Å². The summed E-state index contributed by atoms with van der Waals surface area (Å²) in [5.41, 5.74) is 1.10. The van der Waals surface area contributed by atoms with Crippen LogP contribution in [-0.2, 0) is 0 Å². The number of phenols is 2. The number of fused-ring (bicyclic) bond motifs is 1. The maximum atomic E-state index is 12.2. The zero-order chi connectivity index (χ0) is 19.0. The molecule has 4 rings (SSSR count). The zero-order valence-electron chi connectivity index (χ0n) is 14.1. The molecule has 0 bridgehead atoms. The Labute approximate surface area is 157 Å². The first-order valence-corrected chi connectivity index (χ1v) is 9.13. The summed E-state index contributed by atoms with van der Waals surface area (Å²) in [5, 5.41) is 29.4. The maximum Gasteiger partial charge on any atom is 0.336 e. The number of hydrogen-bond acceptors (Lipinski definition) is 8. The monoisotopic (exact) mass is 379 g/mol. The number of rotatable bonds is 3. The number of aromatic hydroxyl groups is 2. The van der Waals surface area contributed by atoms with E-state index in [4.69, 9.17) is 4.42 Å². The van der Waals surface area contributed by atoms with Gasteiger partial charge >= 0.3 is 5.63 Å². The Balaban J connectivity index is 2.12. The standard InChI is InChI=1S/C19H13N3O4S/c1-27-19-21-12(9-20-22-19)17-14(24)8-13(23)16-11(7-15(25)26-18(16)17)10-5-3-2-4-6-10/h2-9,23-24H,1H3. The lowest BCUT2D eigenvalue weighted by molar-refractivity contribution is 0.452. The van der Waals surface area contributed by atoms with Gasteiger partial charge < -0.3 is 14.6 Å². The quantitative estimate of drug-likeness (QED) is 0.411. The van der Waals surface area contributed by atoms with Crippen LogP contribution in [0.15, 0.2) is 63.0 Å². The zero-order valence-corrected chi connectivity index (χ0v) is 14.9. The van der Waals surface area contributed by atoms with E-state index in [0.717, 1.165) is 5.56 Å². The molecule has 0 radical (unpaired) electrons. The Bertz CT molecular complexity index is 1210. The van der Waals surface area contributed by atoms with Gasteiger partial charge in [0.15, 0.2) is 5.58 Å². The summed E-state index contributed by atoms with van der Waals surface area (Å²) >= 11 is 1.29. The van der Waals surface area contributed by atoms with E-state index >= 15 is 0 Å². The molecule has 2 heterocycles. The van der Waals surface area contributed by atoms with E-state index in [1.807, 2.05) is 30.3 Å². The molecule has 0 amide bonds. The van der Waals surface area contributed by atoms with Crippen molar-refractivity contribution < 1.29 is 14.6 Å². The van der Waals surface area contributed by atoms with Gasteiger partial charge in [-0.05, 0) is 11.8 Å². The van der Waals surface area contributed by atoms with Gasteiger partial charge in [0.05, 0.1) is 17.1 Å². The lowest BCUT2D eigenvalue weighted by Crippen LogP contribution is -2.01. The molecule has 0 atom stereocenters. The van der Waals surface area contributed by atoms with Crippen molar-refractivity contribution in [2.75, 3.05) is 6.26 Å². The Kier molecular flexibility index (Phi) is 4.25. The number of thioether (sulfide) groups is 1. The number of aromatic nitrogens is 3. The Morgan fingerprint density at radius 2 is 1.85 bits per heavy atom. The third-order valence-corrected chi connectivity index (χ3v) is 4.58. The Morgan fingerprint density at radius 1 is 1.07 bits per heavy atom. The van der Waals surface area contributed by atoms with Gasteiger partial charge in [-0.15, -0.1) is 5.10 Å². The largest absolute Gasteiger partial charge is 0.507 e. The predicted molar refractivity (Wildman–Crippen MR) is 102 cm³/mol. The first-order chi connectivity index (χ1) is 13.1.